The van der Waals surface area contributed by atoms with Crippen LogP contribution >= 0.6 is 15.9 Å². The maximum absolute atomic E-state index is 12.0. The van der Waals surface area contributed by atoms with Gasteiger partial charge in [0, 0.05) is 17.1 Å². The van der Waals surface area contributed by atoms with Gasteiger partial charge in [-0.15, -0.1) is 0 Å². The normalized spacial score (nSPS) is 14.2. The third-order valence-electron chi connectivity index (χ3n) is 2.87. The molecule has 2 N–H and O–H groups in total. The van der Waals surface area contributed by atoms with E-state index >= 15 is 0 Å². The number of aliphatic hydroxyl groups is 1. The molecule has 0 fully saturated rings. The van der Waals surface area contributed by atoms with Gasteiger partial charge in [0.25, 0.3) is 5.91 Å². The first-order valence-electron chi connectivity index (χ1n) is 5.63. The summed E-state index contributed by atoms with van der Waals surface area (Å²) in [5.74, 6) is -0.0732. The number of aliphatic hydroxyl groups excluding tert-OH is 1. The number of hydrogen-bond donors (Lipinski definition) is 2. The van der Waals surface area contributed by atoms with Crippen molar-refractivity contribution in [3.63, 3.8) is 0 Å². The molecule has 4 heteroatoms. The summed E-state index contributed by atoms with van der Waals surface area (Å²) in [5.41, 5.74) is 1.67. The molecule has 2 atom stereocenters. The first-order chi connectivity index (χ1) is 7.95. The molecule has 1 amide bonds. The zero-order chi connectivity index (χ0) is 13.0. The molecule has 94 valence electrons. The van der Waals surface area contributed by atoms with Gasteiger partial charge in [-0.2, -0.15) is 0 Å². The van der Waals surface area contributed by atoms with Gasteiger partial charge in [-0.3, -0.25) is 4.79 Å². The Balaban J connectivity index is 2.79. The molecule has 0 saturated carbocycles. The highest BCUT2D eigenvalue weighted by atomic mass is 79.9. The van der Waals surface area contributed by atoms with Gasteiger partial charge in [-0.1, -0.05) is 18.6 Å². The molecular formula is C13H18BrNO2. The monoisotopic (exact) mass is 299 g/mol. The Hall–Kier alpha value is -0.870. The van der Waals surface area contributed by atoms with Crippen LogP contribution in [0.4, 0.5) is 0 Å². The second-order valence-corrected chi connectivity index (χ2v) is 5.26. The molecule has 0 aliphatic heterocycles. The van der Waals surface area contributed by atoms with E-state index in [1.807, 2.05) is 39.0 Å². The average Bonchev–Trinajstić information content (AvgIpc) is 2.30. The topological polar surface area (TPSA) is 49.3 Å². The number of nitrogens with one attached hydrogen (secondary N) is 1. The summed E-state index contributed by atoms with van der Waals surface area (Å²) in [4.78, 5) is 12.0. The third kappa shape index (κ3) is 3.82. The lowest BCUT2D eigenvalue weighted by Crippen LogP contribution is -2.38. The van der Waals surface area contributed by atoms with Crippen LogP contribution in [0.3, 0.4) is 0 Å². The maximum atomic E-state index is 12.0. The Labute approximate surface area is 110 Å². The first kappa shape index (κ1) is 14.2. The summed E-state index contributed by atoms with van der Waals surface area (Å²) in [5, 5.41) is 11.9. The van der Waals surface area contributed by atoms with Crippen molar-refractivity contribution >= 4 is 21.8 Å². The van der Waals surface area contributed by atoms with Crippen molar-refractivity contribution in [2.75, 3.05) is 6.61 Å². The number of halogens is 1. The molecule has 2 unspecified atom stereocenters. The zero-order valence-electron chi connectivity index (χ0n) is 10.3. The van der Waals surface area contributed by atoms with Crippen LogP contribution in [0.2, 0.25) is 0 Å². The average molecular weight is 300 g/mol. The van der Waals surface area contributed by atoms with E-state index in [1.165, 1.54) is 0 Å². The summed E-state index contributed by atoms with van der Waals surface area (Å²) in [6.45, 7) is 5.80. The smallest absolute Gasteiger partial charge is 0.252 e. The summed E-state index contributed by atoms with van der Waals surface area (Å²) < 4.78 is 0.782. The van der Waals surface area contributed by atoms with Crippen LogP contribution in [-0.4, -0.2) is 23.7 Å². The highest BCUT2D eigenvalue weighted by molar-refractivity contribution is 9.10. The molecular weight excluding hydrogens is 282 g/mol. The molecule has 0 aliphatic carbocycles. The number of hydrogen-bond acceptors (Lipinski definition) is 2. The van der Waals surface area contributed by atoms with Gasteiger partial charge < -0.3 is 10.4 Å². The Morgan fingerprint density at radius 1 is 1.47 bits per heavy atom. The zero-order valence-corrected chi connectivity index (χ0v) is 11.9. The summed E-state index contributed by atoms with van der Waals surface area (Å²) in [7, 11) is 0. The lowest BCUT2D eigenvalue weighted by atomic mass is 10.0. The van der Waals surface area contributed by atoms with Crippen LogP contribution in [-0.2, 0) is 0 Å². The van der Waals surface area contributed by atoms with Crippen LogP contribution < -0.4 is 5.32 Å². The highest BCUT2D eigenvalue weighted by Crippen LogP contribution is 2.18. The van der Waals surface area contributed by atoms with Gasteiger partial charge in [0.2, 0.25) is 0 Å². The number of carbonyl (C=O) groups excluding carboxylic acids is 1. The van der Waals surface area contributed by atoms with Gasteiger partial charge in [-0.25, -0.2) is 0 Å². The minimum Gasteiger partial charge on any atom is -0.396 e. The molecule has 0 aromatic heterocycles. The van der Waals surface area contributed by atoms with Gasteiger partial charge >= 0.3 is 0 Å². The number of aryl methyl sites for hydroxylation is 1. The van der Waals surface area contributed by atoms with E-state index < -0.39 is 0 Å². The Morgan fingerprint density at radius 2 is 2.12 bits per heavy atom. The summed E-state index contributed by atoms with van der Waals surface area (Å²) in [6, 6.07) is 5.60. The molecule has 0 heterocycles. The number of rotatable bonds is 4. The maximum Gasteiger partial charge on any atom is 0.252 e. The van der Waals surface area contributed by atoms with E-state index in [4.69, 9.17) is 5.11 Å². The van der Waals surface area contributed by atoms with E-state index in [1.54, 1.807) is 0 Å². The number of carbonyl (C=O) groups is 1. The molecule has 1 aromatic rings. The Bertz CT molecular complexity index is 406. The lowest BCUT2D eigenvalue weighted by Gasteiger charge is -2.19. The summed E-state index contributed by atoms with van der Waals surface area (Å²) in [6.07, 6.45) is 0. The SMILES string of the molecule is Cc1ccc(Br)c(C(=O)NC(C)C(C)CO)c1. The second-order valence-electron chi connectivity index (χ2n) is 4.41. The van der Waals surface area contributed by atoms with Gasteiger partial charge in [0.15, 0.2) is 0 Å². The van der Waals surface area contributed by atoms with Crippen LogP contribution in [0.15, 0.2) is 22.7 Å². The Kier molecular flexibility index (Phi) is 5.15. The molecule has 1 rings (SSSR count). The van der Waals surface area contributed by atoms with Crippen molar-refractivity contribution in [3.8, 4) is 0 Å². The van der Waals surface area contributed by atoms with Gasteiger partial charge in [0.05, 0.1) is 5.56 Å². The molecule has 17 heavy (non-hydrogen) atoms. The van der Waals surface area contributed by atoms with Crippen molar-refractivity contribution in [2.45, 2.75) is 26.8 Å². The predicted molar refractivity (Wildman–Crippen MR) is 72.1 cm³/mol. The largest absolute Gasteiger partial charge is 0.396 e. The fourth-order valence-corrected chi connectivity index (χ4v) is 1.82. The van der Waals surface area contributed by atoms with Crippen LogP contribution in [0, 0.1) is 12.8 Å². The van der Waals surface area contributed by atoms with E-state index in [0.29, 0.717) is 5.56 Å². The van der Waals surface area contributed by atoms with Crippen molar-refractivity contribution in [1.29, 1.82) is 0 Å². The molecule has 0 aliphatic rings. The third-order valence-corrected chi connectivity index (χ3v) is 3.56. The molecule has 0 radical (unpaired) electrons. The fourth-order valence-electron chi connectivity index (χ4n) is 1.40. The van der Waals surface area contributed by atoms with E-state index in [2.05, 4.69) is 21.2 Å². The van der Waals surface area contributed by atoms with E-state index in [-0.39, 0.29) is 24.5 Å². The van der Waals surface area contributed by atoms with Crippen LogP contribution in [0.1, 0.15) is 29.8 Å². The van der Waals surface area contributed by atoms with Crippen molar-refractivity contribution in [2.24, 2.45) is 5.92 Å². The summed E-state index contributed by atoms with van der Waals surface area (Å²) >= 11 is 3.36. The Morgan fingerprint density at radius 3 is 2.71 bits per heavy atom. The highest BCUT2D eigenvalue weighted by Gasteiger charge is 2.16. The van der Waals surface area contributed by atoms with E-state index in [9.17, 15) is 4.79 Å². The fraction of sp³-hybridized carbons (Fsp3) is 0.462. The standard InChI is InChI=1S/C13H18BrNO2/c1-8-4-5-12(14)11(6-8)13(17)15-10(3)9(2)7-16/h4-6,9-10,16H,7H2,1-3H3,(H,15,17). The minimum absolute atomic E-state index is 0.0440. The van der Waals surface area contributed by atoms with Crippen LogP contribution in [0.25, 0.3) is 0 Å². The molecule has 0 saturated heterocycles. The molecule has 3 nitrogen and oxygen atoms in total. The molecule has 0 spiro atoms. The van der Waals surface area contributed by atoms with Crippen LogP contribution in [0.5, 0.6) is 0 Å². The van der Waals surface area contributed by atoms with Gasteiger partial charge in [-0.05, 0) is 47.8 Å². The van der Waals surface area contributed by atoms with Crippen molar-refractivity contribution < 1.29 is 9.90 Å². The quantitative estimate of drug-likeness (QED) is 0.897. The second kappa shape index (κ2) is 6.17. The first-order valence-corrected chi connectivity index (χ1v) is 6.43. The minimum atomic E-state index is -0.117. The predicted octanol–water partition coefficient (Wildman–Crippen LogP) is 2.50. The lowest BCUT2D eigenvalue weighted by molar-refractivity contribution is 0.0915. The van der Waals surface area contributed by atoms with Gasteiger partial charge in [0.1, 0.15) is 0 Å². The van der Waals surface area contributed by atoms with Crippen molar-refractivity contribution in [1.82, 2.24) is 5.32 Å². The van der Waals surface area contributed by atoms with Crippen molar-refractivity contribution in [3.05, 3.63) is 33.8 Å². The number of amides is 1. The van der Waals surface area contributed by atoms with E-state index in [0.717, 1.165) is 10.0 Å². The molecule has 0 bridgehead atoms. The molecule has 1 aromatic carbocycles. The number of benzene rings is 1.